The lowest BCUT2D eigenvalue weighted by atomic mass is 10.2. The van der Waals surface area contributed by atoms with E-state index in [1.807, 2.05) is 91.9 Å². The van der Waals surface area contributed by atoms with Crippen LogP contribution in [0.15, 0.2) is 90.1 Å². The molecule has 0 aliphatic carbocycles. The highest BCUT2D eigenvalue weighted by Crippen LogP contribution is 2.30. The molecular formula is C24H19N5OS. The van der Waals surface area contributed by atoms with Gasteiger partial charge in [0.15, 0.2) is 5.65 Å². The van der Waals surface area contributed by atoms with Crippen molar-refractivity contribution in [3.05, 3.63) is 84.9 Å². The van der Waals surface area contributed by atoms with Crippen LogP contribution in [0.2, 0.25) is 0 Å². The van der Waals surface area contributed by atoms with Crippen molar-refractivity contribution in [1.82, 2.24) is 20.2 Å². The minimum absolute atomic E-state index is 0.0530. The molecule has 0 bridgehead atoms. The van der Waals surface area contributed by atoms with Crippen molar-refractivity contribution in [2.75, 3.05) is 4.90 Å². The standard InChI is InChI=1S/C24H19N5OS/c1-16(23(30)29(17-10-4-2-5-11-17)18-12-6-3-7-13-18)31-24-26-22-21(27-28-24)19-14-8-9-15-20(19)25-22/h2-16H,1H3,(H,25,26,28). The van der Waals surface area contributed by atoms with Gasteiger partial charge in [-0.25, -0.2) is 4.98 Å². The molecule has 0 aliphatic rings. The number of amides is 1. The van der Waals surface area contributed by atoms with Gasteiger partial charge in [0.05, 0.1) is 5.25 Å². The Morgan fingerprint density at radius 2 is 1.48 bits per heavy atom. The molecule has 2 heterocycles. The summed E-state index contributed by atoms with van der Waals surface area (Å²) in [4.78, 5) is 23.1. The van der Waals surface area contributed by atoms with Crippen molar-refractivity contribution in [2.24, 2.45) is 0 Å². The summed E-state index contributed by atoms with van der Waals surface area (Å²) in [6, 6.07) is 27.2. The zero-order chi connectivity index (χ0) is 21.2. The van der Waals surface area contributed by atoms with E-state index in [0.29, 0.717) is 10.8 Å². The summed E-state index contributed by atoms with van der Waals surface area (Å²) >= 11 is 1.30. The van der Waals surface area contributed by atoms with Crippen LogP contribution in [0.1, 0.15) is 6.92 Å². The number of carbonyl (C=O) groups excluding carboxylic acids is 1. The maximum Gasteiger partial charge on any atom is 0.244 e. The fourth-order valence-corrected chi connectivity index (χ4v) is 4.26. The Morgan fingerprint density at radius 1 is 0.871 bits per heavy atom. The number of para-hydroxylation sites is 3. The topological polar surface area (TPSA) is 74.8 Å². The van der Waals surface area contributed by atoms with E-state index in [0.717, 1.165) is 27.8 Å². The number of rotatable bonds is 5. The summed E-state index contributed by atoms with van der Waals surface area (Å²) in [7, 11) is 0. The molecule has 0 radical (unpaired) electrons. The first-order valence-corrected chi connectivity index (χ1v) is 10.8. The molecular weight excluding hydrogens is 406 g/mol. The molecule has 7 heteroatoms. The molecule has 3 aromatic carbocycles. The third-order valence-corrected chi connectivity index (χ3v) is 5.92. The van der Waals surface area contributed by atoms with Gasteiger partial charge in [-0.3, -0.25) is 9.69 Å². The number of nitrogens with one attached hydrogen (secondary N) is 1. The van der Waals surface area contributed by atoms with Crippen molar-refractivity contribution in [1.29, 1.82) is 0 Å². The number of benzene rings is 3. The van der Waals surface area contributed by atoms with Crippen LogP contribution >= 0.6 is 11.8 Å². The Hall–Kier alpha value is -3.71. The fourth-order valence-electron chi connectivity index (χ4n) is 3.50. The third kappa shape index (κ3) is 3.75. The lowest BCUT2D eigenvalue weighted by Gasteiger charge is -2.25. The number of anilines is 2. The molecule has 0 fully saturated rings. The Labute approximate surface area is 183 Å². The van der Waals surface area contributed by atoms with Gasteiger partial charge in [0.2, 0.25) is 11.1 Å². The largest absolute Gasteiger partial charge is 0.338 e. The molecule has 1 unspecified atom stereocenters. The summed E-state index contributed by atoms with van der Waals surface area (Å²) < 4.78 is 0. The van der Waals surface area contributed by atoms with E-state index in [-0.39, 0.29) is 5.91 Å². The van der Waals surface area contributed by atoms with Crippen LogP contribution in [0.25, 0.3) is 22.1 Å². The number of H-pyrrole nitrogens is 1. The monoisotopic (exact) mass is 425 g/mol. The highest BCUT2D eigenvalue weighted by molar-refractivity contribution is 8.00. The van der Waals surface area contributed by atoms with Crippen molar-refractivity contribution in [2.45, 2.75) is 17.3 Å². The van der Waals surface area contributed by atoms with Crippen LogP contribution < -0.4 is 4.90 Å². The van der Waals surface area contributed by atoms with Crippen LogP contribution in [0, 0.1) is 0 Å². The quantitative estimate of drug-likeness (QED) is 0.384. The molecule has 1 N–H and O–H groups in total. The molecule has 31 heavy (non-hydrogen) atoms. The number of aromatic nitrogens is 4. The van der Waals surface area contributed by atoms with Crippen LogP contribution in [-0.2, 0) is 4.79 Å². The number of hydrogen-bond acceptors (Lipinski definition) is 5. The van der Waals surface area contributed by atoms with Gasteiger partial charge in [0.1, 0.15) is 5.52 Å². The van der Waals surface area contributed by atoms with Crippen LogP contribution in [0.4, 0.5) is 11.4 Å². The highest BCUT2D eigenvalue weighted by Gasteiger charge is 2.25. The minimum atomic E-state index is -0.413. The van der Waals surface area contributed by atoms with Crippen molar-refractivity contribution >= 4 is 51.1 Å². The first kappa shape index (κ1) is 19.3. The lowest BCUT2D eigenvalue weighted by molar-refractivity contribution is -0.117. The summed E-state index contributed by atoms with van der Waals surface area (Å²) in [5.41, 5.74) is 3.99. The van der Waals surface area contributed by atoms with Gasteiger partial charge in [-0.05, 0) is 37.3 Å². The zero-order valence-electron chi connectivity index (χ0n) is 16.8. The number of aromatic amines is 1. The van der Waals surface area contributed by atoms with Gasteiger partial charge >= 0.3 is 0 Å². The summed E-state index contributed by atoms with van der Waals surface area (Å²) in [5, 5.41) is 9.65. The van der Waals surface area contributed by atoms with Crippen molar-refractivity contribution in [3.63, 3.8) is 0 Å². The second kappa shape index (κ2) is 8.20. The van der Waals surface area contributed by atoms with E-state index >= 15 is 0 Å². The fraction of sp³-hybridized carbons (Fsp3) is 0.0833. The van der Waals surface area contributed by atoms with Crippen LogP contribution in [-0.4, -0.2) is 31.3 Å². The van der Waals surface area contributed by atoms with E-state index < -0.39 is 5.25 Å². The predicted molar refractivity (Wildman–Crippen MR) is 125 cm³/mol. The van der Waals surface area contributed by atoms with E-state index in [1.54, 1.807) is 4.90 Å². The second-order valence-corrected chi connectivity index (χ2v) is 8.37. The molecule has 0 saturated heterocycles. The Bertz CT molecular complexity index is 1310. The number of hydrogen-bond donors (Lipinski definition) is 1. The Kier molecular flexibility index (Phi) is 5.09. The number of carbonyl (C=O) groups is 1. The van der Waals surface area contributed by atoms with Crippen molar-refractivity contribution in [3.8, 4) is 0 Å². The SMILES string of the molecule is CC(Sc1nnc2c(n1)[nH]c1ccccc12)C(=O)N(c1ccccc1)c1ccccc1. The summed E-state index contributed by atoms with van der Waals surface area (Å²) in [5.74, 6) is -0.0530. The third-order valence-electron chi connectivity index (χ3n) is 4.98. The molecule has 2 aromatic heterocycles. The first-order chi connectivity index (χ1) is 15.2. The zero-order valence-corrected chi connectivity index (χ0v) is 17.6. The average molecular weight is 426 g/mol. The Balaban J connectivity index is 1.45. The molecule has 5 rings (SSSR count). The smallest absolute Gasteiger partial charge is 0.244 e. The normalized spacial score (nSPS) is 12.2. The van der Waals surface area contributed by atoms with E-state index in [2.05, 4.69) is 20.2 Å². The number of nitrogens with zero attached hydrogens (tertiary/aromatic N) is 4. The Morgan fingerprint density at radius 3 is 2.16 bits per heavy atom. The predicted octanol–water partition coefficient (Wildman–Crippen LogP) is 5.35. The first-order valence-electron chi connectivity index (χ1n) is 9.92. The summed E-state index contributed by atoms with van der Waals surface area (Å²) in [6.45, 7) is 1.87. The maximum atomic E-state index is 13.5. The molecule has 152 valence electrons. The molecule has 0 aliphatic heterocycles. The minimum Gasteiger partial charge on any atom is -0.338 e. The number of thioether (sulfide) groups is 1. The molecule has 0 saturated carbocycles. The lowest BCUT2D eigenvalue weighted by Crippen LogP contribution is -2.32. The molecule has 5 aromatic rings. The molecule has 1 atom stereocenters. The average Bonchev–Trinajstić information content (AvgIpc) is 3.18. The molecule has 0 spiro atoms. The maximum absolute atomic E-state index is 13.5. The van der Waals surface area contributed by atoms with Gasteiger partial charge in [-0.15, -0.1) is 10.2 Å². The second-order valence-electron chi connectivity index (χ2n) is 7.07. The van der Waals surface area contributed by atoms with Crippen molar-refractivity contribution < 1.29 is 4.79 Å². The van der Waals surface area contributed by atoms with Gasteiger partial charge < -0.3 is 4.98 Å². The molecule has 6 nitrogen and oxygen atoms in total. The molecule has 1 amide bonds. The van der Waals surface area contributed by atoms with Gasteiger partial charge in [0.25, 0.3) is 0 Å². The van der Waals surface area contributed by atoms with Crippen LogP contribution in [0.3, 0.4) is 0 Å². The van der Waals surface area contributed by atoms with Gasteiger partial charge in [0, 0.05) is 22.3 Å². The number of fused-ring (bicyclic) bond motifs is 3. The summed E-state index contributed by atoms with van der Waals surface area (Å²) in [6.07, 6.45) is 0. The highest BCUT2D eigenvalue weighted by atomic mass is 32.2. The van der Waals surface area contributed by atoms with E-state index in [1.165, 1.54) is 11.8 Å². The van der Waals surface area contributed by atoms with Crippen LogP contribution in [0.5, 0.6) is 0 Å². The van der Waals surface area contributed by atoms with E-state index in [4.69, 9.17) is 0 Å². The van der Waals surface area contributed by atoms with E-state index in [9.17, 15) is 4.79 Å². The van der Waals surface area contributed by atoms with Gasteiger partial charge in [-0.1, -0.05) is 66.4 Å². The van der Waals surface area contributed by atoms with Gasteiger partial charge in [-0.2, -0.15) is 0 Å².